The van der Waals surface area contributed by atoms with Gasteiger partial charge in [0.05, 0.1) is 11.1 Å². The Hall–Kier alpha value is -8.72. The van der Waals surface area contributed by atoms with Crippen molar-refractivity contribution in [3.8, 4) is 55.6 Å². The molecule has 0 aliphatic heterocycles. The highest BCUT2D eigenvalue weighted by Crippen LogP contribution is 2.63. The van der Waals surface area contributed by atoms with Crippen LogP contribution >= 0.6 is 0 Å². The molecule has 11 aromatic carbocycles. The van der Waals surface area contributed by atoms with Gasteiger partial charge in [-0.05, 0) is 131 Å². The van der Waals surface area contributed by atoms with Gasteiger partial charge in [0.15, 0.2) is 0 Å². The molecule has 0 saturated carbocycles. The number of nitrogens with zero attached hydrogens (tertiary/aromatic N) is 1. The van der Waals surface area contributed by atoms with Crippen molar-refractivity contribution in [1.82, 2.24) is 0 Å². The molecule has 3 aliphatic carbocycles. The molecule has 0 atom stereocenters. The molecule has 1 heterocycles. The molecule has 15 rings (SSSR count). The van der Waals surface area contributed by atoms with Gasteiger partial charge in [-0.3, -0.25) is 0 Å². The molecule has 0 saturated heterocycles. The molecule has 1 spiro atoms. The second kappa shape index (κ2) is 14.4. The lowest BCUT2D eigenvalue weighted by Crippen LogP contribution is -2.26. The van der Waals surface area contributed by atoms with E-state index in [-0.39, 0.29) is 5.41 Å². The van der Waals surface area contributed by atoms with Gasteiger partial charge in [0, 0.05) is 39.0 Å². The molecule has 0 bridgehead atoms. The maximum absolute atomic E-state index is 7.18. The Balaban J connectivity index is 1.02. The van der Waals surface area contributed by atoms with Crippen LogP contribution in [0.4, 0.5) is 17.1 Å². The second-order valence-corrected chi connectivity index (χ2v) is 19.9. The fourth-order valence-corrected chi connectivity index (χ4v) is 12.9. The first-order chi connectivity index (χ1) is 34.5. The van der Waals surface area contributed by atoms with Crippen molar-refractivity contribution in [2.45, 2.75) is 24.7 Å². The van der Waals surface area contributed by atoms with Crippen molar-refractivity contribution in [2.24, 2.45) is 0 Å². The first kappa shape index (κ1) is 39.3. The Labute approximate surface area is 407 Å². The highest BCUT2D eigenvalue weighted by molar-refractivity contribution is 6.20. The summed E-state index contributed by atoms with van der Waals surface area (Å²) in [5.74, 6) is 0. The highest BCUT2D eigenvalue weighted by Gasteiger charge is 2.51. The van der Waals surface area contributed by atoms with Crippen molar-refractivity contribution >= 4 is 49.8 Å². The fraction of sp³-hybridized carbons (Fsp3) is 0.0588. The van der Waals surface area contributed by atoms with Crippen LogP contribution in [0.3, 0.4) is 0 Å². The van der Waals surface area contributed by atoms with Crippen molar-refractivity contribution < 1.29 is 4.42 Å². The Morgan fingerprint density at radius 2 is 0.829 bits per heavy atom. The van der Waals surface area contributed by atoms with Gasteiger partial charge in [-0.15, -0.1) is 0 Å². The number of rotatable bonds is 5. The second-order valence-electron chi connectivity index (χ2n) is 19.9. The Bertz CT molecular complexity index is 4090. The lowest BCUT2D eigenvalue weighted by atomic mass is 9.70. The number of anilines is 3. The molecule has 12 aromatic rings. The van der Waals surface area contributed by atoms with Crippen LogP contribution in [-0.4, -0.2) is 0 Å². The topological polar surface area (TPSA) is 16.4 Å². The highest BCUT2D eigenvalue weighted by atomic mass is 16.3. The van der Waals surface area contributed by atoms with Crippen LogP contribution in [0.5, 0.6) is 0 Å². The number of benzene rings is 11. The molecular weight excluding hydrogens is 847 g/mol. The van der Waals surface area contributed by atoms with E-state index in [1.807, 2.05) is 0 Å². The third-order valence-corrected chi connectivity index (χ3v) is 16.1. The summed E-state index contributed by atoms with van der Waals surface area (Å²) < 4.78 is 7.18. The van der Waals surface area contributed by atoms with E-state index in [0.717, 1.165) is 60.9 Å². The number of hydrogen-bond acceptors (Lipinski definition) is 2. The molecule has 2 heteroatoms. The summed E-state index contributed by atoms with van der Waals surface area (Å²) in [5, 5.41) is 4.50. The maximum Gasteiger partial charge on any atom is 0.143 e. The largest absolute Gasteiger partial charge is 0.455 e. The van der Waals surface area contributed by atoms with Gasteiger partial charge in [-0.1, -0.05) is 208 Å². The van der Waals surface area contributed by atoms with Gasteiger partial charge < -0.3 is 9.32 Å². The minimum atomic E-state index is -0.488. The fourth-order valence-electron chi connectivity index (χ4n) is 12.9. The summed E-state index contributed by atoms with van der Waals surface area (Å²) in [6.07, 6.45) is 0. The SMILES string of the molecule is CC1(C)c2ccccc2-c2ccc(N(c3ccc4c(c3)C3(c5ccccc5-c5ccccc53)c3ccccc3-4)c3cc(-c4ccc(-c5ccccc5)cc4)c4c(c3)oc3c5ccccc5ccc34)cc21. The van der Waals surface area contributed by atoms with E-state index in [1.54, 1.807) is 0 Å². The van der Waals surface area contributed by atoms with Crippen molar-refractivity contribution in [2.75, 3.05) is 4.90 Å². The summed E-state index contributed by atoms with van der Waals surface area (Å²) in [4.78, 5) is 2.50. The quantitative estimate of drug-likeness (QED) is 0.171. The van der Waals surface area contributed by atoms with Crippen LogP contribution in [0.15, 0.2) is 241 Å². The molecule has 0 amide bonds. The van der Waals surface area contributed by atoms with Gasteiger partial charge in [-0.2, -0.15) is 0 Å². The molecule has 0 radical (unpaired) electrons. The van der Waals surface area contributed by atoms with E-state index < -0.39 is 5.41 Å². The summed E-state index contributed by atoms with van der Waals surface area (Å²) >= 11 is 0. The lowest BCUT2D eigenvalue weighted by Gasteiger charge is -2.32. The molecule has 0 N–H and O–H groups in total. The zero-order valence-electron chi connectivity index (χ0n) is 38.9. The van der Waals surface area contributed by atoms with Crippen LogP contribution in [0.25, 0.3) is 88.3 Å². The number of hydrogen-bond donors (Lipinski definition) is 0. The van der Waals surface area contributed by atoms with Crippen LogP contribution in [0.2, 0.25) is 0 Å². The molecule has 3 aliphatic rings. The Morgan fingerprint density at radius 1 is 0.329 bits per heavy atom. The van der Waals surface area contributed by atoms with Crippen molar-refractivity contribution in [1.29, 1.82) is 0 Å². The maximum atomic E-state index is 7.18. The van der Waals surface area contributed by atoms with Crippen LogP contribution in [-0.2, 0) is 10.8 Å². The molecular formula is C68H45NO. The molecule has 0 fully saturated rings. The molecule has 1 aromatic heterocycles. The monoisotopic (exact) mass is 891 g/mol. The summed E-state index contributed by atoms with van der Waals surface area (Å²) in [5.41, 5.74) is 24.7. The van der Waals surface area contributed by atoms with Gasteiger partial charge in [0.25, 0.3) is 0 Å². The minimum Gasteiger partial charge on any atom is -0.455 e. The third-order valence-electron chi connectivity index (χ3n) is 16.1. The summed E-state index contributed by atoms with van der Waals surface area (Å²) in [7, 11) is 0. The van der Waals surface area contributed by atoms with E-state index in [4.69, 9.17) is 4.42 Å². The predicted octanol–water partition coefficient (Wildman–Crippen LogP) is 18.2. The van der Waals surface area contributed by atoms with Gasteiger partial charge >= 0.3 is 0 Å². The zero-order chi connectivity index (χ0) is 46.3. The van der Waals surface area contributed by atoms with E-state index in [9.17, 15) is 0 Å². The van der Waals surface area contributed by atoms with Gasteiger partial charge in [-0.25, -0.2) is 0 Å². The average Bonchev–Trinajstić information content (AvgIpc) is 4.11. The standard InChI is InChI=1S/C68H45NO/c1-67(2)58-24-12-8-20-50(58)54-36-33-46(39-62(54)67)69(47-34-37-55-53-23-11-15-27-61(53)68(63(55)40-47)59-25-13-9-21-51(59)52-22-10-14-26-60(52)68)48-38-57(45-30-28-43(29-31-45)42-16-4-3-5-17-42)65-56-35-32-44-18-6-7-19-49(44)66(56)70-64(65)41-48/h3-41H,1-2H3. The number of furan rings is 1. The van der Waals surface area contributed by atoms with E-state index in [0.29, 0.717) is 0 Å². The lowest BCUT2D eigenvalue weighted by molar-refractivity contribution is 0.660. The van der Waals surface area contributed by atoms with Crippen LogP contribution in [0.1, 0.15) is 47.2 Å². The summed E-state index contributed by atoms with van der Waals surface area (Å²) in [6.45, 7) is 4.75. The van der Waals surface area contributed by atoms with Crippen molar-refractivity contribution in [3.05, 3.63) is 270 Å². The smallest absolute Gasteiger partial charge is 0.143 e. The van der Waals surface area contributed by atoms with Crippen molar-refractivity contribution in [3.63, 3.8) is 0 Å². The predicted molar refractivity (Wildman–Crippen MR) is 291 cm³/mol. The molecule has 328 valence electrons. The first-order valence-electron chi connectivity index (χ1n) is 24.5. The van der Waals surface area contributed by atoms with Gasteiger partial charge in [0.2, 0.25) is 0 Å². The number of fused-ring (bicyclic) bond motifs is 18. The summed E-state index contributed by atoms with van der Waals surface area (Å²) in [6, 6.07) is 88.0. The molecule has 2 nitrogen and oxygen atoms in total. The zero-order valence-corrected chi connectivity index (χ0v) is 38.9. The van der Waals surface area contributed by atoms with Crippen LogP contribution < -0.4 is 4.90 Å². The van der Waals surface area contributed by atoms with E-state index in [2.05, 4.69) is 255 Å². The third kappa shape index (κ3) is 5.28. The normalized spacial score (nSPS) is 14.1. The van der Waals surface area contributed by atoms with E-state index in [1.165, 1.54) is 77.9 Å². The average molecular weight is 892 g/mol. The Kier molecular flexibility index (Phi) is 8.08. The first-order valence-corrected chi connectivity index (χ1v) is 24.5. The van der Waals surface area contributed by atoms with Gasteiger partial charge in [0.1, 0.15) is 11.2 Å². The van der Waals surface area contributed by atoms with Crippen LogP contribution in [0, 0.1) is 0 Å². The Morgan fingerprint density at radius 3 is 1.49 bits per heavy atom. The van der Waals surface area contributed by atoms with E-state index >= 15 is 0 Å². The molecule has 0 unspecified atom stereocenters. The molecule has 70 heavy (non-hydrogen) atoms. The minimum absolute atomic E-state index is 0.191.